The Hall–Kier alpha value is -3.02. The van der Waals surface area contributed by atoms with Crippen molar-refractivity contribution in [3.63, 3.8) is 0 Å². The van der Waals surface area contributed by atoms with Crippen LogP contribution in [0.15, 0.2) is 48.8 Å². The second-order valence-electron chi connectivity index (χ2n) is 4.46. The topological polar surface area (TPSA) is 79.2 Å². The number of carboxylic acid groups (broad SMARTS) is 1. The lowest BCUT2D eigenvalue weighted by Crippen LogP contribution is -2.15. The number of benzene rings is 1. The molecule has 0 fully saturated rings. The molecule has 0 aliphatic heterocycles. The molecule has 0 aliphatic rings. The lowest BCUT2D eigenvalue weighted by molar-refractivity contribution is 0.0684. The van der Waals surface area contributed by atoms with Crippen LogP contribution in [0.5, 0.6) is 0 Å². The van der Waals surface area contributed by atoms with E-state index in [4.69, 9.17) is 5.11 Å². The van der Waals surface area contributed by atoms with Gasteiger partial charge < -0.3 is 10.0 Å². The Bertz CT molecular complexity index is 805. The van der Waals surface area contributed by atoms with E-state index in [1.807, 2.05) is 37.4 Å². The lowest BCUT2D eigenvalue weighted by atomic mass is 10.2. The second-order valence-corrected chi connectivity index (χ2v) is 4.46. The summed E-state index contributed by atoms with van der Waals surface area (Å²) >= 11 is 0. The number of anilines is 2. The molecule has 0 saturated carbocycles. The monoisotopic (exact) mass is 280 g/mol. The van der Waals surface area contributed by atoms with E-state index >= 15 is 0 Å². The van der Waals surface area contributed by atoms with Gasteiger partial charge in [0.05, 0.1) is 17.4 Å². The van der Waals surface area contributed by atoms with Crippen molar-refractivity contribution in [1.82, 2.24) is 15.0 Å². The Kier molecular flexibility index (Phi) is 3.19. The first-order chi connectivity index (χ1) is 10.2. The van der Waals surface area contributed by atoms with E-state index in [0.717, 1.165) is 11.1 Å². The lowest BCUT2D eigenvalue weighted by Gasteiger charge is -2.19. The molecule has 3 aromatic rings. The minimum atomic E-state index is -1.15. The standard InChI is InChI=1S/C15H12N4O2/c1-19(10-5-4-8-16-9-10)14-11-6-2-3-7-12(11)17-13(18-14)15(20)21/h2-9H,1H3,(H,20,21). The van der Waals surface area contributed by atoms with Gasteiger partial charge in [-0.15, -0.1) is 0 Å². The Morgan fingerprint density at radius 2 is 1.95 bits per heavy atom. The van der Waals surface area contributed by atoms with Gasteiger partial charge in [-0.05, 0) is 24.3 Å². The molecule has 0 bridgehead atoms. The molecule has 21 heavy (non-hydrogen) atoms. The molecule has 0 atom stereocenters. The second kappa shape index (κ2) is 5.16. The zero-order valence-electron chi connectivity index (χ0n) is 11.3. The first kappa shape index (κ1) is 13.0. The number of hydrogen-bond donors (Lipinski definition) is 1. The molecule has 0 saturated heterocycles. The third-order valence-electron chi connectivity index (χ3n) is 3.13. The maximum atomic E-state index is 11.2. The average molecular weight is 280 g/mol. The van der Waals surface area contributed by atoms with Gasteiger partial charge in [0.1, 0.15) is 5.82 Å². The first-order valence-corrected chi connectivity index (χ1v) is 6.30. The van der Waals surface area contributed by atoms with Crippen LogP contribution in [0, 0.1) is 0 Å². The first-order valence-electron chi connectivity index (χ1n) is 6.30. The summed E-state index contributed by atoms with van der Waals surface area (Å²) in [4.78, 5) is 25.3. The molecule has 0 unspecified atom stereocenters. The normalized spacial score (nSPS) is 10.5. The molecular weight excluding hydrogens is 268 g/mol. The van der Waals surface area contributed by atoms with Crippen molar-refractivity contribution >= 4 is 28.4 Å². The van der Waals surface area contributed by atoms with Gasteiger partial charge in [-0.25, -0.2) is 14.8 Å². The highest BCUT2D eigenvalue weighted by Crippen LogP contribution is 2.28. The molecule has 1 N–H and O–H groups in total. The molecule has 0 aliphatic carbocycles. The fourth-order valence-corrected chi connectivity index (χ4v) is 2.09. The summed E-state index contributed by atoms with van der Waals surface area (Å²) in [6.07, 6.45) is 3.37. The predicted molar refractivity (Wildman–Crippen MR) is 78.8 cm³/mol. The van der Waals surface area contributed by atoms with Gasteiger partial charge in [0.25, 0.3) is 0 Å². The molecule has 1 aromatic carbocycles. The van der Waals surface area contributed by atoms with E-state index in [1.165, 1.54) is 0 Å². The van der Waals surface area contributed by atoms with E-state index in [0.29, 0.717) is 11.3 Å². The zero-order chi connectivity index (χ0) is 14.8. The summed E-state index contributed by atoms with van der Waals surface area (Å²) in [7, 11) is 1.82. The number of aromatic nitrogens is 3. The van der Waals surface area contributed by atoms with Crippen LogP contribution < -0.4 is 4.90 Å². The van der Waals surface area contributed by atoms with Crippen molar-refractivity contribution in [2.75, 3.05) is 11.9 Å². The van der Waals surface area contributed by atoms with E-state index in [-0.39, 0.29) is 5.82 Å². The molecule has 6 nitrogen and oxygen atoms in total. The predicted octanol–water partition coefficient (Wildman–Crippen LogP) is 2.49. The van der Waals surface area contributed by atoms with Gasteiger partial charge in [-0.2, -0.15) is 0 Å². The van der Waals surface area contributed by atoms with Crippen molar-refractivity contribution in [2.45, 2.75) is 0 Å². The van der Waals surface area contributed by atoms with Gasteiger partial charge >= 0.3 is 5.97 Å². The van der Waals surface area contributed by atoms with Crippen LogP contribution in [0.4, 0.5) is 11.5 Å². The zero-order valence-corrected chi connectivity index (χ0v) is 11.3. The Morgan fingerprint density at radius 3 is 2.67 bits per heavy atom. The van der Waals surface area contributed by atoms with Gasteiger partial charge in [-0.3, -0.25) is 4.98 Å². The highest BCUT2D eigenvalue weighted by atomic mass is 16.4. The van der Waals surface area contributed by atoms with Crippen LogP contribution in [0.2, 0.25) is 0 Å². The maximum Gasteiger partial charge on any atom is 0.374 e. The van der Waals surface area contributed by atoms with Crippen molar-refractivity contribution < 1.29 is 9.90 Å². The summed E-state index contributed by atoms with van der Waals surface area (Å²) < 4.78 is 0. The summed E-state index contributed by atoms with van der Waals surface area (Å²) in [5.74, 6) is -0.841. The van der Waals surface area contributed by atoms with E-state index in [2.05, 4.69) is 15.0 Å². The van der Waals surface area contributed by atoms with E-state index in [1.54, 1.807) is 23.4 Å². The molecule has 2 heterocycles. The Morgan fingerprint density at radius 1 is 1.14 bits per heavy atom. The fraction of sp³-hybridized carbons (Fsp3) is 0.0667. The molecule has 3 rings (SSSR count). The molecule has 2 aromatic heterocycles. The van der Waals surface area contributed by atoms with Gasteiger partial charge in [0.15, 0.2) is 0 Å². The van der Waals surface area contributed by atoms with Crippen LogP contribution in [-0.2, 0) is 0 Å². The highest BCUT2D eigenvalue weighted by Gasteiger charge is 2.16. The van der Waals surface area contributed by atoms with E-state index in [9.17, 15) is 4.79 Å². The van der Waals surface area contributed by atoms with Crippen molar-refractivity contribution in [1.29, 1.82) is 0 Å². The number of para-hydroxylation sites is 1. The van der Waals surface area contributed by atoms with Crippen LogP contribution >= 0.6 is 0 Å². The number of nitrogens with zero attached hydrogens (tertiary/aromatic N) is 4. The Balaban J connectivity index is 2.23. The number of fused-ring (bicyclic) bond motifs is 1. The molecule has 0 radical (unpaired) electrons. The number of carboxylic acids is 1. The van der Waals surface area contributed by atoms with Crippen LogP contribution in [0.1, 0.15) is 10.6 Å². The van der Waals surface area contributed by atoms with Crippen molar-refractivity contribution in [2.24, 2.45) is 0 Å². The summed E-state index contributed by atoms with van der Waals surface area (Å²) in [5.41, 5.74) is 1.41. The Labute approximate surface area is 120 Å². The number of carbonyl (C=O) groups is 1. The number of pyridine rings is 1. The molecular formula is C15H12N4O2. The molecule has 6 heteroatoms. The van der Waals surface area contributed by atoms with Gasteiger partial charge in [0.2, 0.25) is 5.82 Å². The van der Waals surface area contributed by atoms with Crippen LogP contribution in [-0.4, -0.2) is 33.1 Å². The van der Waals surface area contributed by atoms with Crippen molar-refractivity contribution in [3.05, 3.63) is 54.6 Å². The third-order valence-corrected chi connectivity index (χ3v) is 3.13. The smallest absolute Gasteiger partial charge is 0.374 e. The van der Waals surface area contributed by atoms with Gasteiger partial charge in [-0.1, -0.05) is 12.1 Å². The fourth-order valence-electron chi connectivity index (χ4n) is 2.09. The number of hydrogen-bond acceptors (Lipinski definition) is 5. The highest BCUT2D eigenvalue weighted by molar-refractivity contribution is 5.95. The number of rotatable bonds is 3. The largest absolute Gasteiger partial charge is 0.475 e. The quantitative estimate of drug-likeness (QED) is 0.794. The SMILES string of the molecule is CN(c1cccnc1)c1nc(C(=O)O)nc2ccccc12. The van der Waals surface area contributed by atoms with Crippen LogP contribution in [0.25, 0.3) is 10.9 Å². The molecule has 104 valence electrons. The van der Waals surface area contributed by atoms with Gasteiger partial charge in [0, 0.05) is 18.6 Å². The minimum Gasteiger partial charge on any atom is -0.475 e. The average Bonchev–Trinajstić information content (AvgIpc) is 2.54. The maximum absolute atomic E-state index is 11.2. The summed E-state index contributed by atoms with van der Waals surface area (Å²) in [6, 6.07) is 11.0. The summed E-state index contributed by atoms with van der Waals surface area (Å²) in [5, 5.41) is 9.95. The van der Waals surface area contributed by atoms with Crippen LogP contribution in [0.3, 0.4) is 0 Å². The molecule has 0 amide bonds. The molecule has 0 spiro atoms. The number of aromatic carboxylic acids is 1. The third kappa shape index (κ3) is 2.38. The summed E-state index contributed by atoms with van der Waals surface area (Å²) in [6.45, 7) is 0. The minimum absolute atomic E-state index is 0.223. The van der Waals surface area contributed by atoms with E-state index < -0.39 is 5.97 Å². The van der Waals surface area contributed by atoms with Crippen molar-refractivity contribution in [3.8, 4) is 0 Å².